The second-order valence-electron chi connectivity index (χ2n) is 5.50. The van der Waals surface area contributed by atoms with E-state index in [1.54, 1.807) is 15.4 Å². The summed E-state index contributed by atoms with van der Waals surface area (Å²) in [5, 5.41) is 11.5. The van der Waals surface area contributed by atoms with Crippen molar-refractivity contribution in [1.82, 2.24) is 19.6 Å². The summed E-state index contributed by atoms with van der Waals surface area (Å²) in [5.74, 6) is 0.160. The lowest BCUT2D eigenvalue weighted by molar-refractivity contribution is 0.101. The minimum Gasteiger partial charge on any atom is -0.304 e. The molecule has 0 aliphatic carbocycles. The molecule has 0 bridgehead atoms. The molecule has 0 atom stereocenters. The van der Waals surface area contributed by atoms with E-state index in [1.807, 2.05) is 25.3 Å². The molecule has 7 heteroatoms. The molecular formula is C17H18ClN5O. The van der Waals surface area contributed by atoms with Crippen LogP contribution in [0.1, 0.15) is 28.5 Å². The van der Waals surface area contributed by atoms with Gasteiger partial charge in [-0.15, -0.1) is 0 Å². The quantitative estimate of drug-likeness (QED) is 0.772. The summed E-state index contributed by atoms with van der Waals surface area (Å²) in [7, 11) is 0. The van der Waals surface area contributed by atoms with Gasteiger partial charge in [-0.25, -0.2) is 0 Å². The molecule has 0 spiro atoms. The zero-order valence-corrected chi connectivity index (χ0v) is 14.3. The molecule has 0 aliphatic rings. The molecule has 3 aromatic rings. The highest BCUT2D eigenvalue weighted by molar-refractivity contribution is 6.34. The van der Waals surface area contributed by atoms with Crippen molar-refractivity contribution in [1.29, 1.82) is 0 Å². The average Bonchev–Trinajstić information content (AvgIpc) is 3.13. The number of amides is 1. The van der Waals surface area contributed by atoms with Crippen LogP contribution in [0.4, 0.5) is 5.82 Å². The Hall–Kier alpha value is -2.60. The van der Waals surface area contributed by atoms with Gasteiger partial charge in [0.2, 0.25) is 0 Å². The number of nitrogens with zero attached hydrogens (tertiary/aromatic N) is 4. The van der Waals surface area contributed by atoms with E-state index in [4.69, 9.17) is 11.6 Å². The number of nitrogens with one attached hydrogen (secondary N) is 1. The highest BCUT2D eigenvalue weighted by atomic mass is 35.5. The van der Waals surface area contributed by atoms with Gasteiger partial charge in [0.25, 0.3) is 5.91 Å². The summed E-state index contributed by atoms with van der Waals surface area (Å²) in [5.41, 5.74) is 2.70. The van der Waals surface area contributed by atoms with E-state index in [9.17, 15) is 4.79 Å². The standard InChI is InChI=1S/C17H18ClN5O/c1-3-23-16(14(18)10-19-23)17(24)20-15-7-8-22(21-15)11-13-6-4-5-12(2)9-13/h4-10H,3,11H2,1-2H3,(H,20,21,24). The summed E-state index contributed by atoms with van der Waals surface area (Å²) in [6.07, 6.45) is 3.30. The van der Waals surface area contributed by atoms with Crippen LogP contribution in [0.15, 0.2) is 42.7 Å². The predicted octanol–water partition coefficient (Wildman–Crippen LogP) is 3.36. The smallest absolute Gasteiger partial charge is 0.276 e. The third-order valence-corrected chi connectivity index (χ3v) is 3.90. The van der Waals surface area contributed by atoms with Crippen molar-refractivity contribution in [2.75, 3.05) is 5.32 Å². The molecule has 1 amide bonds. The number of hydrogen-bond donors (Lipinski definition) is 1. The lowest BCUT2D eigenvalue weighted by atomic mass is 10.1. The van der Waals surface area contributed by atoms with Gasteiger partial charge in [-0.2, -0.15) is 10.2 Å². The average molecular weight is 344 g/mol. The number of benzene rings is 1. The minimum atomic E-state index is -0.319. The maximum atomic E-state index is 12.4. The van der Waals surface area contributed by atoms with Gasteiger partial charge in [0, 0.05) is 18.8 Å². The Labute approximate surface area is 145 Å². The Morgan fingerprint density at radius 1 is 1.33 bits per heavy atom. The third-order valence-electron chi connectivity index (χ3n) is 3.62. The number of aryl methyl sites for hydroxylation is 2. The van der Waals surface area contributed by atoms with Crippen LogP contribution in [0.3, 0.4) is 0 Å². The zero-order chi connectivity index (χ0) is 17.1. The van der Waals surface area contributed by atoms with Crippen LogP contribution in [-0.2, 0) is 13.1 Å². The number of anilines is 1. The first-order valence-corrected chi connectivity index (χ1v) is 8.06. The fraction of sp³-hybridized carbons (Fsp3) is 0.235. The molecule has 0 radical (unpaired) electrons. The summed E-state index contributed by atoms with van der Waals surface area (Å²) < 4.78 is 3.34. The van der Waals surface area contributed by atoms with E-state index < -0.39 is 0 Å². The zero-order valence-electron chi connectivity index (χ0n) is 13.5. The lowest BCUT2D eigenvalue weighted by Gasteiger charge is -2.05. The SMILES string of the molecule is CCn1ncc(Cl)c1C(=O)Nc1ccn(Cc2cccc(C)c2)n1. The van der Waals surface area contributed by atoms with E-state index in [0.29, 0.717) is 29.6 Å². The summed E-state index contributed by atoms with van der Waals surface area (Å²) in [6, 6.07) is 9.99. The van der Waals surface area contributed by atoms with E-state index in [1.165, 1.54) is 11.8 Å². The van der Waals surface area contributed by atoms with Crippen LogP contribution in [0.5, 0.6) is 0 Å². The van der Waals surface area contributed by atoms with E-state index >= 15 is 0 Å². The van der Waals surface area contributed by atoms with E-state index in [2.05, 4.69) is 34.6 Å². The van der Waals surface area contributed by atoms with Gasteiger partial charge in [0.15, 0.2) is 5.82 Å². The van der Waals surface area contributed by atoms with Crippen molar-refractivity contribution in [3.05, 3.63) is 64.6 Å². The highest BCUT2D eigenvalue weighted by Crippen LogP contribution is 2.17. The molecule has 24 heavy (non-hydrogen) atoms. The number of hydrogen-bond acceptors (Lipinski definition) is 3. The molecule has 3 rings (SSSR count). The Balaban J connectivity index is 1.72. The summed E-state index contributed by atoms with van der Waals surface area (Å²) >= 11 is 6.04. The topological polar surface area (TPSA) is 64.7 Å². The van der Waals surface area contributed by atoms with E-state index in [-0.39, 0.29) is 5.91 Å². The van der Waals surface area contributed by atoms with Gasteiger partial charge in [-0.1, -0.05) is 41.4 Å². The van der Waals surface area contributed by atoms with Crippen molar-refractivity contribution in [2.24, 2.45) is 0 Å². The number of carbonyl (C=O) groups excluding carboxylic acids is 1. The van der Waals surface area contributed by atoms with Gasteiger partial charge in [-0.05, 0) is 19.4 Å². The van der Waals surface area contributed by atoms with Crippen LogP contribution in [0.25, 0.3) is 0 Å². The molecule has 2 aromatic heterocycles. The monoisotopic (exact) mass is 343 g/mol. The maximum Gasteiger partial charge on any atom is 0.276 e. The van der Waals surface area contributed by atoms with Crippen LogP contribution >= 0.6 is 11.6 Å². The van der Waals surface area contributed by atoms with Crippen LogP contribution in [0, 0.1) is 6.92 Å². The Kier molecular flexibility index (Phi) is 4.66. The number of rotatable bonds is 5. The molecule has 2 heterocycles. The number of halogens is 1. The highest BCUT2D eigenvalue weighted by Gasteiger charge is 2.17. The second-order valence-corrected chi connectivity index (χ2v) is 5.91. The van der Waals surface area contributed by atoms with Gasteiger partial charge in [0.05, 0.1) is 17.8 Å². The lowest BCUT2D eigenvalue weighted by Crippen LogP contribution is -2.18. The fourth-order valence-electron chi connectivity index (χ4n) is 2.52. The molecule has 0 fully saturated rings. The van der Waals surface area contributed by atoms with Gasteiger partial charge in [0.1, 0.15) is 5.69 Å². The molecule has 0 aliphatic heterocycles. The first kappa shape index (κ1) is 16.3. The van der Waals surface area contributed by atoms with Crippen molar-refractivity contribution >= 4 is 23.3 Å². The van der Waals surface area contributed by atoms with Gasteiger partial charge >= 0.3 is 0 Å². The molecule has 1 aromatic carbocycles. The second kappa shape index (κ2) is 6.88. The minimum absolute atomic E-state index is 0.319. The predicted molar refractivity (Wildman–Crippen MR) is 93.4 cm³/mol. The van der Waals surface area contributed by atoms with Crippen molar-refractivity contribution in [3.8, 4) is 0 Å². The first-order valence-electron chi connectivity index (χ1n) is 7.68. The van der Waals surface area contributed by atoms with Crippen molar-refractivity contribution in [3.63, 3.8) is 0 Å². The molecule has 0 saturated carbocycles. The molecule has 0 unspecified atom stereocenters. The van der Waals surface area contributed by atoms with Gasteiger partial charge < -0.3 is 5.32 Å². The Bertz CT molecular complexity index is 868. The van der Waals surface area contributed by atoms with Crippen LogP contribution in [0.2, 0.25) is 5.02 Å². The normalized spacial score (nSPS) is 10.8. The Morgan fingerprint density at radius 2 is 2.17 bits per heavy atom. The van der Waals surface area contributed by atoms with Crippen LogP contribution < -0.4 is 5.32 Å². The first-order chi connectivity index (χ1) is 11.6. The third kappa shape index (κ3) is 3.49. The summed E-state index contributed by atoms with van der Waals surface area (Å²) in [4.78, 5) is 12.4. The Morgan fingerprint density at radius 3 is 2.92 bits per heavy atom. The van der Waals surface area contributed by atoms with Crippen LogP contribution in [-0.4, -0.2) is 25.5 Å². The molecule has 124 valence electrons. The molecule has 0 saturated heterocycles. The molecular weight excluding hydrogens is 326 g/mol. The van der Waals surface area contributed by atoms with Gasteiger partial charge in [-0.3, -0.25) is 14.2 Å². The van der Waals surface area contributed by atoms with Crippen molar-refractivity contribution < 1.29 is 4.79 Å². The summed E-state index contributed by atoms with van der Waals surface area (Å²) in [6.45, 7) is 5.16. The maximum absolute atomic E-state index is 12.4. The van der Waals surface area contributed by atoms with E-state index in [0.717, 1.165) is 5.56 Å². The fourth-order valence-corrected chi connectivity index (χ4v) is 2.74. The molecule has 1 N–H and O–H groups in total. The number of carbonyl (C=O) groups is 1. The largest absolute Gasteiger partial charge is 0.304 e. The molecule has 6 nitrogen and oxygen atoms in total. The van der Waals surface area contributed by atoms with Crippen molar-refractivity contribution in [2.45, 2.75) is 26.9 Å². The number of aromatic nitrogens is 4.